The summed E-state index contributed by atoms with van der Waals surface area (Å²) in [4.78, 5) is 14.3. The normalized spacial score (nSPS) is 28.5. The third kappa shape index (κ3) is 3.85. The molecule has 2 rings (SSSR count). The van der Waals surface area contributed by atoms with Crippen LogP contribution in [0.4, 0.5) is 4.79 Å². The fraction of sp³-hybridized carbons (Fsp3) is 0.941. The van der Waals surface area contributed by atoms with E-state index in [2.05, 4.69) is 33.9 Å². The predicted molar refractivity (Wildman–Crippen MR) is 91.5 cm³/mol. The summed E-state index contributed by atoms with van der Waals surface area (Å²) in [6.07, 6.45) is 1.06. The average Bonchev–Trinajstić information content (AvgIpc) is 2.96. The minimum atomic E-state index is -1.77. The van der Waals surface area contributed by atoms with Gasteiger partial charge in [-0.25, -0.2) is 4.79 Å². The molecule has 0 aromatic rings. The molecule has 1 saturated carbocycles. The number of piperidine rings is 1. The van der Waals surface area contributed by atoms with Crippen molar-refractivity contribution in [3.05, 3.63) is 0 Å². The molecular formula is C17H33NO3Si. The topological polar surface area (TPSA) is 38.8 Å². The molecule has 3 atom stereocenters. The fourth-order valence-corrected chi connectivity index (χ4v) is 3.85. The van der Waals surface area contributed by atoms with Crippen LogP contribution in [-0.4, -0.2) is 44.1 Å². The number of amides is 1. The van der Waals surface area contributed by atoms with Gasteiger partial charge in [0.25, 0.3) is 0 Å². The van der Waals surface area contributed by atoms with E-state index >= 15 is 0 Å². The first-order valence-corrected chi connectivity index (χ1v) is 11.4. The summed E-state index contributed by atoms with van der Waals surface area (Å²) in [7, 11) is -1.77. The summed E-state index contributed by atoms with van der Waals surface area (Å²) in [5, 5.41) is 0.200. The summed E-state index contributed by atoms with van der Waals surface area (Å²) in [6, 6.07) is 0.203. The molecule has 2 unspecified atom stereocenters. The van der Waals surface area contributed by atoms with E-state index < -0.39 is 13.9 Å². The fourth-order valence-electron chi connectivity index (χ4n) is 2.83. The van der Waals surface area contributed by atoms with Gasteiger partial charge in [0, 0.05) is 6.54 Å². The zero-order valence-electron chi connectivity index (χ0n) is 15.5. The Morgan fingerprint density at radius 3 is 2.27 bits per heavy atom. The van der Waals surface area contributed by atoms with Gasteiger partial charge >= 0.3 is 6.09 Å². The van der Waals surface area contributed by atoms with Crippen LogP contribution in [0.3, 0.4) is 0 Å². The van der Waals surface area contributed by atoms with E-state index in [9.17, 15) is 4.79 Å². The van der Waals surface area contributed by atoms with Crippen LogP contribution in [0.15, 0.2) is 0 Å². The number of carbonyl (C=O) groups is 1. The number of hydrogen-bond donors (Lipinski definition) is 0. The van der Waals surface area contributed by atoms with E-state index in [0.717, 1.165) is 6.54 Å². The van der Waals surface area contributed by atoms with Gasteiger partial charge in [0.1, 0.15) is 5.60 Å². The van der Waals surface area contributed by atoms with Crippen molar-refractivity contribution in [1.29, 1.82) is 0 Å². The zero-order chi connectivity index (χ0) is 16.9. The third-order valence-electron chi connectivity index (χ3n) is 5.35. The van der Waals surface area contributed by atoms with Gasteiger partial charge in [0.05, 0.1) is 12.6 Å². The van der Waals surface area contributed by atoms with Crippen LogP contribution >= 0.6 is 0 Å². The summed E-state index contributed by atoms with van der Waals surface area (Å²) >= 11 is 0. The standard InChI is InChI=1S/C17H33NO3Si/c1-16(2,3)21-15(19)18-10-12-9-13(12)14(18)11-20-22(7,8)17(4,5)6/h12-14H,9-11H2,1-8H3/t12?,13?,14-/m0/s1. The van der Waals surface area contributed by atoms with Gasteiger partial charge in [-0.15, -0.1) is 0 Å². The van der Waals surface area contributed by atoms with Crippen molar-refractivity contribution in [2.45, 2.75) is 77.7 Å². The van der Waals surface area contributed by atoms with E-state index in [-0.39, 0.29) is 17.2 Å². The summed E-state index contributed by atoms with van der Waals surface area (Å²) in [6.45, 7) is 18.5. The first-order chi connectivity index (χ1) is 9.82. The Morgan fingerprint density at radius 1 is 1.18 bits per heavy atom. The molecule has 128 valence electrons. The van der Waals surface area contributed by atoms with Crippen molar-refractivity contribution < 1.29 is 14.0 Å². The summed E-state index contributed by atoms with van der Waals surface area (Å²) < 4.78 is 11.9. The van der Waals surface area contributed by atoms with Crippen LogP contribution in [0.5, 0.6) is 0 Å². The Morgan fingerprint density at radius 2 is 1.77 bits per heavy atom. The quantitative estimate of drug-likeness (QED) is 0.727. The Kier molecular flexibility index (Phi) is 4.46. The molecule has 0 bridgehead atoms. The highest BCUT2D eigenvalue weighted by Crippen LogP contribution is 2.50. The van der Waals surface area contributed by atoms with Crippen LogP contribution in [0.1, 0.15) is 48.0 Å². The molecule has 1 saturated heterocycles. The van der Waals surface area contributed by atoms with E-state index in [4.69, 9.17) is 9.16 Å². The lowest BCUT2D eigenvalue weighted by atomic mass is 10.2. The molecule has 22 heavy (non-hydrogen) atoms. The molecule has 0 radical (unpaired) electrons. The monoisotopic (exact) mass is 327 g/mol. The minimum absolute atomic E-state index is 0.177. The summed E-state index contributed by atoms with van der Waals surface area (Å²) in [5.74, 6) is 1.29. The minimum Gasteiger partial charge on any atom is -0.444 e. The number of nitrogens with zero attached hydrogens (tertiary/aromatic N) is 1. The van der Waals surface area contributed by atoms with Crippen LogP contribution < -0.4 is 0 Å². The molecule has 2 fully saturated rings. The maximum absolute atomic E-state index is 12.4. The van der Waals surface area contributed by atoms with Gasteiger partial charge < -0.3 is 14.1 Å². The largest absolute Gasteiger partial charge is 0.444 e. The lowest BCUT2D eigenvalue weighted by Gasteiger charge is -2.38. The number of fused-ring (bicyclic) bond motifs is 1. The first kappa shape index (κ1) is 17.8. The lowest BCUT2D eigenvalue weighted by Crippen LogP contribution is -2.48. The molecule has 0 spiro atoms. The van der Waals surface area contributed by atoms with Crippen LogP contribution in [-0.2, 0) is 9.16 Å². The molecule has 5 heteroatoms. The zero-order valence-corrected chi connectivity index (χ0v) is 16.5. The second-order valence-corrected chi connectivity index (χ2v) is 14.2. The number of ether oxygens (including phenoxy) is 1. The Bertz CT molecular complexity index is 436. The van der Waals surface area contributed by atoms with E-state index in [1.165, 1.54) is 6.42 Å². The molecule has 0 N–H and O–H groups in total. The highest BCUT2D eigenvalue weighted by Gasteiger charge is 2.55. The van der Waals surface area contributed by atoms with Gasteiger partial charge in [0.2, 0.25) is 0 Å². The van der Waals surface area contributed by atoms with Gasteiger partial charge in [-0.2, -0.15) is 0 Å². The lowest BCUT2D eigenvalue weighted by molar-refractivity contribution is 0.0140. The van der Waals surface area contributed by atoms with E-state index in [1.54, 1.807) is 0 Å². The molecule has 0 aromatic heterocycles. The van der Waals surface area contributed by atoms with Gasteiger partial charge in [-0.05, 0) is 57.2 Å². The Labute approximate surface area is 136 Å². The van der Waals surface area contributed by atoms with Crippen molar-refractivity contribution in [1.82, 2.24) is 4.90 Å². The molecule has 1 amide bonds. The maximum atomic E-state index is 12.4. The molecule has 1 aliphatic heterocycles. The average molecular weight is 328 g/mol. The van der Waals surface area contributed by atoms with Crippen molar-refractivity contribution >= 4 is 14.4 Å². The van der Waals surface area contributed by atoms with Crippen molar-refractivity contribution in [2.24, 2.45) is 11.8 Å². The maximum Gasteiger partial charge on any atom is 0.410 e. The highest BCUT2D eigenvalue weighted by molar-refractivity contribution is 6.74. The van der Waals surface area contributed by atoms with Gasteiger partial charge in [-0.1, -0.05) is 20.8 Å². The van der Waals surface area contributed by atoms with Gasteiger partial charge in [0.15, 0.2) is 8.32 Å². The van der Waals surface area contributed by atoms with Crippen molar-refractivity contribution in [2.75, 3.05) is 13.2 Å². The predicted octanol–water partition coefficient (Wildman–Crippen LogP) is 4.26. The van der Waals surface area contributed by atoms with E-state index in [0.29, 0.717) is 18.4 Å². The molecule has 4 nitrogen and oxygen atoms in total. The van der Waals surface area contributed by atoms with Crippen LogP contribution in [0.2, 0.25) is 18.1 Å². The molecule has 2 aliphatic rings. The van der Waals surface area contributed by atoms with Crippen LogP contribution in [0, 0.1) is 11.8 Å². The molecule has 1 heterocycles. The number of hydrogen-bond acceptors (Lipinski definition) is 3. The van der Waals surface area contributed by atoms with E-state index in [1.807, 2.05) is 25.7 Å². The first-order valence-electron chi connectivity index (χ1n) is 8.45. The SMILES string of the molecule is CC(C)(C)OC(=O)N1CC2CC2[C@@H]1CO[Si](C)(C)C(C)(C)C. The smallest absolute Gasteiger partial charge is 0.410 e. The second-order valence-electron chi connectivity index (χ2n) is 9.43. The molecule has 1 aliphatic carbocycles. The number of likely N-dealkylation sites (tertiary alicyclic amines) is 1. The second kappa shape index (κ2) is 5.51. The third-order valence-corrected chi connectivity index (χ3v) is 9.85. The molecular weight excluding hydrogens is 294 g/mol. The van der Waals surface area contributed by atoms with Crippen molar-refractivity contribution in [3.63, 3.8) is 0 Å². The van der Waals surface area contributed by atoms with Gasteiger partial charge in [-0.3, -0.25) is 0 Å². The van der Waals surface area contributed by atoms with Crippen molar-refractivity contribution in [3.8, 4) is 0 Å². The summed E-state index contributed by atoms with van der Waals surface area (Å²) in [5.41, 5.74) is -0.436. The number of rotatable bonds is 3. The van der Waals surface area contributed by atoms with Crippen LogP contribution in [0.25, 0.3) is 0 Å². The Hall–Kier alpha value is -0.553. The number of carbonyl (C=O) groups excluding carboxylic acids is 1. The molecule has 0 aromatic carbocycles. The Balaban J connectivity index is 1.98. The highest BCUT2D eigenvalue weighted by atomic mass is 28.4.